The summed E-state index contributed by atoms with van der Waals surface area (Å²) >= 11 is 7.35. The Morgan fingerprint density at radius 3 is 2.61 bits per heavy atom. The molecule has 5 heteroatoms. The largest absolute Gasteiger partial charge is 0.497 e. The molecule has 0 saturated carbocycles. The molecule has 2 aromatic rings. The van der Waals surface area contributed by atoms with E-state index in [1.807, 2.05) is 23.1 Å². The molecule has 0 aliphatic carbocycles. The van der Waals surface area contributed by atoms with E-state index in [2.05, 4.69) is 12.1 Å². The number of likely N-dealkylation sites (tertiary alicyclic amines) is 1. The second-order valence-electron chi connectivity index (χ2n) is 5.74. The predicted molar refractivity (Wildman–Crippen MR) is 94.6 cm³/mol. The van der Waals surface area contributed by atoms with Crippen LogP contribution in [0.3, 0.4) is 0 Å². The minimum atomic E-state index is 0.0876. The van der Waals surface area contributed by atoms with Crippen LogP contribution in [0.1, 0.15) is 47.0 Å². The number of thiophene rings is 1. The van der Waals surface area contributed by atoms with Crippen molar-refractivity contribution in [3.8, 4) is 5.75 Å². The van der Waals surface area contributed by atoms with Gasteiger partial charge in [0.2, 0.25) is 0 Å². The quantitative estimate of drug-likeness (QED) is 0.765. The summed E-state index contributed by atoms with van der Waals surface area (Å²) in [4.78, 5) is 15.7. The summed E-state index contributed by atoms with van der Waals surface area (Å²) in [6.45, 7) is 0.797. The maximum absolute atomic E-state index is 12.9. The number of ether oxygens (including phenoxy) is 1. The number of carbonyl (C=O) groups excluding carboxylic acids is 1. The molecule has 1 saturated heterocycles. The first-order valence-corrected chi connectivity index (χ1v) is 9.09. The molecule has 1 fully saturated rings. The van der Waals surface area contributed by atoms with Crippen molar-refractivity contribution in [2.24, 2.45) is 0 Å². The summed E-state index contributed by atoms with van der Waals surface area (Å²) in [6, 6.07) is 11.8. The highest BCUT2D eigenvalue weighted by Crippen LogP contribution is 2.33. The zero-order valence-corrected chi connectivity index (χ0v) is 14.7. The Hall–Kier alpha value is -1.52. The van der Waals surface area contributed by atoms with Gasteiger partial charge in [-0.3, -0.25) is 4.79 Å². The first kappa shape index (κ1) is 16.3. The van der Waals surface area contributed by atoms with E-state index >= 15 is 0 Å². The molecule has 1 amide bonds. The standard InChI is InChI=1S/C18H20ClNO2S/c1-22-14-8-6-13(7-9-14)15-5-3-2-4-12-20(15)18(21)16-10-11-17(19)23-16/h6-11,15H,2-5,12H2,1H3. The molecule has 0 radical (unpaired) electrons. The van der Waals surface area contributed by atoms with E-state index in [1.165, 1.54) is 23.3 Å². The molecule has 1 aliphatic heterocycles. The summed E-state index contributed by atoms with van der Waals surface area (Å²) in [5.74, 6) is 0.926. The van der Waals surface area contributed by atoms with Gasteiger partial charge in [-0.1, -0.05) is 36.6 Å². The SMILES string of the molecule is COc1ccc(C2CCCCCN2C(=O)c2ccc(Cl)s2)cc1. The van der Waals surface area contributed by atoms with Crippen LogP contribution in [0.25, 0.3) is 0 Å². The van der Waals surface area contributed by atoms with Crippen LogP contribution in [-0.2, 0) is 0 Å². The second-order valence-corrected chi connectivity index (χ2v) is 7.46. The zero-order valence-electron chi connectivity index (χ0n) is 13.1. The molecule has 23 heavy (non-hydrogen) atoms. The lowest BCUT2D eigenvalue weighted by Gasteiger charge is -2.30. The van der Waals surface area contributed by atoms with E-state index in [-0.39, 0.29) is 11.9 Å². The van der Waals surface area contributed by atoms with Gasteiger partial charge in [-0.05, 0) is 42.7 Å². The lowest BCUT2D eigenvalue weighted by atomic mass is 10.0. The Labute approximate surface area is 145 Å². The number of hydrogen-bond donors (Lipinski definition) is 0. The molecule has 1 aromatic carbocycles. The molecule has 0 bridgehead atoms. The van der Waals surface area contributed by atoms with Crippen LogP contribution in [0.2, 0.25) is 4.34 Å². The normalized spacial score (nSPS) is 18.5. The third kappa shape index (κ3) is 3.70. The van der Waals surface area contributed by atoms with E-state index < -0.39 is 0 Å². The third-order valence-electron chi connectivity index (χ3n) is 4.30. The first-order valence-electron chi connectivity index (χ1n) is 7.89. The molecule has 0 spiro atoms. The number of hydrogen-bond acceptors (Lipinski definition) is 3. The third-order valence-corrected chi connectivity index (χ3v) is 5.52. The highest BCUT2D eigenvalue weighted by Gasteiger charge is 2.28. The van der Waals surface area contributed by atoms with Crippen molar-refractivity contribution in [3.63, 3.8) is 0 Å². The number of carbonyl (C=O) groups is 1. The summed E-state index contributed by atoms with van der Waals surface area (Å²) in [5, 5.41) is 0. The van der Waals surface area contributed by atoms with Crippen molar-refractivity contribution < 1.29 is 9.53 Å². The molecular weight excluding hydrogens is 330 g/mol. The Morgan fingerprint density at radius 2 is 1.96 bits per heavy atom. The molecule has 122 valence electrons. The fourth-order valence-corrected chi connectivity index (χ4v) is 4.09. The van der Waals surface area contributed by atoms with Crippen molar-refractivity contribution in [1.82, 2.24) is 4.90 Å². The molecule has 1 aromatic heterocycles. The van der Waals surface area contributed by atoms with E-state index in [0.717, 1.165) is 36.4 Å². The number of nitrogens with zero attached hydrogens (tertiary/aromatic N) is 1. The monoisotopic (exact) mass is 349 g/mol. The van der Waals surface area contributed by atoms with Crippen LogP contribution in [0.5, 0.6) is 5.75 Å². The van der Waals surface area contributed by atoms with E-state index in [0.29, 0.717) is 4.34 Å². The van der Waals surface area contributed by atoms with Crippen molar-refractivity contribution in [2.45, 2.75) is 31.7 Å². The average molecular weight is 350 g/mol. The van der Waals surface area contributed by atoms with Gasteiger partial charge in [0.15, 0.2) is 0 Å². The van der Waals surface area contributed by atoms with Crippen molar-refractivity contribution >= 4 is 28.8 Å². The van der Waals surface area contributed by atoms with Gasteiger partial charge in [0.05, 0.1) is 22.4 Å². The molecule has 1 atom stereocenters. The minimum Gasteiger partial charge on any atom is -0.497 e. The fourth-order valence-electron chi connectivity index (χ4n) is 3.09. The Morgan fingerprint density at radius 1 is 1.17 bits per heavy atom. The summed E-state index contributed by atoms with van der Waals surface area (Å²) < 4.78 is 5.89. The molecule has 1 unspecified atom stereocenters. The summed E-state index contributed by atoms with van der Waals surface area (Å²) in [7, 11) is 1.66. The maximum atomic E-state index is 12.9. The van der Waals surface area contributed by atoms with Gasteiger partial charge in [0, 0.05) is 6.54 Å². The fraction of sp³-hybridized carbons (Fsp3) is 0.389. The number of amides is 1. The lowest BCUT2D eigenvalue weighted by molar-refractivity contribution is 0.0686. The number of methoxy groups -OCH3 is 1. The summed E-state index contributed by atoms with van der Waals surface area (Å²) in [5.41, 5.74) is 1.17. The van der Waals surface area contributed by atoms with Gasteiger partial charge < -0.3 is 9.64 Å². The molecule has 3 rings (SSSR count). The lowest BCUT2D eigenvalue weighted by Crippen LogP contribution is -2.34. The molecule has 3 nitrogen and oxygen atoms in total. The van der Waals surface area contributed by atoms with Crippen LogP contribution in [-0.4, -0.2) is 24.5 Å². The topological polar surface area (TPSA) is 29.5 Å². The van der Waals surface area contributed by atoms with Gasteiger partial charge in [0.1, 0.15) is 5.75 Å². The molecule has 1 aliphatic rings. The molecular formula is C18H20ClNO2S. The first-order chi connectivity index (χ1) is 11.2. The van der Waals surface area contributed by atoms with Crippen LogP contribution in [0, 0.1) is 0 Å². The van der Waals surface area contributed by atoms with E-state index in [1.54, 1.807) is 13.2 Å². The van der Waals surface area contributed by atoms with Gasteiger partial charge in [-0.2, -0.15) is 0 Å². The Kier molecular flexibility index (Phi) is 5.23. The zero-order chi connectivity index (χ0) is 16.2. The predicted octanol–water partition coefficient (Wildman–Crippen LogP) is 5.17. The number of benzene rings is 1. The van der Waals surface area contributed by atoms with Gasteiger partial charge in [-0.25, -0.2) is 0 Å². The Balaban J connectivity index is 1.88. The van der Waals surface area contributed by atoms with E-state index in [9.17, 15) is 4.79 Å². The van der Waals surface area contributed by atoms with Crippen LogP contribution in [0.4, 0.5) is 0 Å². The smallest absolute Gasteiger partial charge is 0.264 e. The highest BCUT2D eigenvalue weighted by atomic mass is 35.5. The van der Waals surface area contributed by atoms with Crippen LogP contribution in [0.15, 0.2) is 36.4 Å². The Bertz CT molecular complexity index is 668. The second kappa shape index (κ2) is 7.37. The summed E-state index contributed by atoms with van der Waals surface area (Å²) in [6.07, 6.45) is 4.36. The van der Waals surface area contributed by atoms with Crippen LogP contribution < -0.4 is 4.74 Å². The van der Waals surface area contributed by atoms with E-state index in [4.69, 9.17) is 16.3 Å². The van der Waals surface area contributed by atoms with Crippen molar-refractivity contribution in [1.29, 1.82) is 0 Å². The van der Waals surface area contributed by atoms with Crippen molar-refractivity contribution in [2.75, 3.05) is 13.7 Å². The molecule has 2 heterocycles. The van der Waals surface area contributed by atoms with Crippen molar-refractivity contribution in [3.05, 3.63) is 51.2 Å². The van der Waals surface area contributed by atoms with Gasteiger partial charge in [0.25, 0.3) is 5.91 Å². The maximum Gasteiger partial charge on any atom is 0.264 e. The minimum absolute atomic E-state index is 0.0876. The van der Waals surface area contributed by atoms with Crippen LogP contribution >= 0.6 is 22.9 Å². The highest BCUT2D eigenvalue weighted by molar-refractivity contribution is 7.17. The van der Waals surface area contributed by atoms with Gasteiger partial charge in [-0.15, -0.1) is 11.3 Å². The number of halogens is 1. The average Bonchev–Trinajstić information content (AvgIpc) is 2.87. The van der Waals surface area contributed by atoms with Gasteiger partial charge >= 0.3 is 0 Å². The number of rotatable bonds is 3. The molecule has 0 N–H and O–H groups in total.